The van der Waals surface area contributed by atoms with Crippen LogP contribution < -0.4 is 19.7 Å². The molecular weight excluding hydrogens is 882 g/mol. The summed E-state index contributed by atoms with van der Waals surface area (Å²) in [7, 11) is -2.33. The molecule has 0 atom stereocenters. The standard InChI is InChI=1S/C50H59F3N8O5S/c1-33-26-37(50(51,52)53)7-10-41(33)43-30-49(2,3)17-13-36(43)32-60-22-24-61(25-23-60)38-8-11-42(46(28-38)66-39-27-35-14-19-55-47(35)56-31-39)48(62)58-67(64,65)40-9-12-44(45(29-40)57-63)54-18-5-6-34-15-20-59(4)21-16-34/h7-12,14,19,26-29,31,34,54H,5-6,13,15-18,20-25,30,32H2,1-4H3,(H,55,56)(H,58,62). The van der Waals surface area contributed by atoms with Crippen LogP contribution in [-0.2, 0) is 16.2 Å². The molecule has 2 aliphatic heterocycles. The number of alkyl halides is 3. The number of carbonyl (C=O) groups excluding carboxylic acids is 1. The van der Waals surface area contributed by atoms with Crippen molar-refractivity contribution in [1.82, 2.24) is 24.5 Å². The van der Waals surface area contributed by atoms with Gasteiger partial charge in [0.15, 0.2) is 0 Å². The van der Waals surface area contributed by atoms with E-state index in [1.54, 1.807) is 37.4 Å². The number of piperazine rings is 1. The Morgan fingerprint density at radius 1 is 0.985 bits per heavy atom. The average Bonchev–Trinajstić information content (AvgIpc) is 3.77. The molecule has 0 radical (unpaired) electrons. The first-order valence-corrected chi connectivity index (χ1v) is 24.5. The van der Waals surface area contributed by atoms with Gasteiger partial charge >= 0.3 is 6.18 Å². The maximum Gasteiger partial charge on any atom is 0.416 e. The van der Waals surface area contributed by atoms with Gasteiger partial charge in [-0.3, -0.25) is 9.69 Å². The quantitative estimate of drug-likeness (QED) is 0.0683. The zero-order valence-corrected chi connectivity index (χ0v) is 39.3. The number of sulfonamides is 1. The predicted molar refractivity (Wildman–Crippen MR) is 256 cm³/mol. The molecule has 3 N–H and O–H groups in total. The van der Waals surface area contributed by atoms with E-state index in [0.717, 1.165) is 86.3 Å². The Hall–Kier alpha value is -5.78. The summed E-state index contributed by atoms with van der Waals surface area (Å²) in [5.41, 5.74) is 4.98. The number of ether oxygens (including phenoxy) is 1. The van der Waals surface area contributed by atoms with E-state index in [9.17, 15) is 31.3 Å². The number of likely N-dealkylation sites (tertiary alicyclic amines) is 1. The van der Waals surface area contributed by atoms with E-state index < -0.39 is 27.7 Å². The number of benzene rings is 3. The van der Waals surface area contributed by atoms with Crippen molar-refractivity contribution in [2.45, 2.75) is 76.8 Å². The number of aryl methyl sites for hydroxylation is 1. The molecule has 4 heterocycles. The number of aromatic amines is 1. The number of amides is 1. The maximum absolute atomic E-state index is 14.0. The van der Waals surface area contributed by atoms with Crippen LogP contribution in [0.3, 0.4) is 0 Å². The summed E-state index contributed by atoms with van der Waals surface area (Å²) in [6.45, 7) is 12.4. The van der Waals surface area contributed by atoms with Gasteiger partial charge < -0.3 is 24.8 Å². The number of allylic oxidation sites excluding steroid dienone is 1. The predicted octanol–water partition coefficient (Wildman–Crippen LogP) is 10.5. The number of hydrogen-bond donors (Lipinski definition) is 3. The summed E-state index contributed by atoms with van der Waals surface area (Å²) >= 11 is 0. The number of nitroso groups, excluding NO2 is 1. The van der Waals surface area contributed by atoms with E-state index in [1.807, 2.05) is 6.07 Å². The van der Waals surface area contributed by atoms with Crippen LogP contribution in [-0.4, -0.2) is 93.5 Å². The molecule has 3 aliphatic rings. The first-order valence-electron chi connectivity index (χ1n) is 23.0. The molecule has 0 spiro atoms. The topological polar surface area (TPSA) is 152 Å². The number of aromatic nitrogens is 2. The highest BCUT2D eigenvalue weighted by atomic mass is 32.2. The fourth-order valence-electron chi connectivity index (χ4n) is 9.59. The van der Waals surface area contributed by atoms with Crippen LogP contribution in [0.1, 0.15) is 85.8 Å². The average molecular weight is 941 g/mol. The first-order chi connectivity index (χ1) is 31.9. The molecule has 0 saturated carbocycles. The summed E-state index contributed by atoms with van der Waals surface area (Å²) < 4.78 is 76.6. The summed E-state index contributed by atoms with van der Waals surface area (Å²) in [6, 6.07) is 16.7. The number of pyridine rings is 1. The van der Waals surface area contributed by atoms with E-state index in [4.69, 9.17) is 4.74 Å². The molecule has 0 bridgehead atoms. The smallest absolute Gasteiger partial charge is 0.416 e. The fourth-order valence-corrected chi connectivity index (χ4v) is 10.6. The van der Waals surface area contributed by atoms with Gasteiger partial charge in [-0.25, -0.2) is 18.1 Å². The van der Waals surface area contributed by atoms with Gasteiger partial charge in [-0.1, -0.05) is 25.5 Å². The third-order valence-corrected chi connectivity index (χ3v) is 14.9. The summed E-state index contributed by atoms with van der Waals surface area (Å²) in [5.74, 6) is 0.185. The minimum absolute atomic E-state index is 0.0230. The number of anilines is 2. The van der Waals surface area contributed by atoms with Crippen molar-refractivity contribution in [1.29, 1.82) is 0 Å². The van der Waals surface area contributed by atoms with Crippen LogP contribution in [0, 0.1) is 23.2 Å². The molecule has 2 saturated heterocycles. The second-order valence-corrected chi connectivity index (χ2v) is 20.8. The lowest BCUT2D eigenvalue weighted by atomic mass is 9.72. The fraction of sp³-hybridized carbons (Fsp3) is 0.440. The summed E-state index contributed by atoms with van der Waals surface area (Å²) in [6.07, 6.45) is 5.77. The van der Waals surface area contributed by atoms with Gasteiger partial charge in [-0.2, -0.15) is 13.2 Å². The van der Waals surface area contributed by atoms with Crippen LogP contribution in [0.2, 0.25) is 0 Å². The maximum atomic E-state index is 14.0. The number of piperidine rings is 1. The van der Waals surface area contributed by atoms with Gasteiger partial charge in [0.25, 0.3) is 15.9 Å². The van der Waals surface area contributed by atoms with Crippen molar-refractivity contribution < 1.29 is 31.1 Å². The van der Waals surface area contributed by atoms with E-state index in [1.165, 1.54) is 42.1 Å². The highest BCUT2D eigenvalue weighted by Crippen LogP contribution is 2.45. The van der Waals surface area contributed by atoms with Gasteiger partial charge in [0.05, 0.1) is 27.9 Å². The number of carbonyl (C=O) groups is 1. The van der Waals surface area contributed by atoms with Crippen molar-refractivity contribution in [3.8, 4) is 11.5 Å². The van der Waals surface area contributed by atoms with Crippen LogP contribution in [0.25, 0.3) is 16.6 Å². The Balaban J connectivity index is 0.970. The van der Waals surface area contributed by atoms with E-state index in [2.05, 4.69) is 60.8 Å². The Bertz CT molecular complexity index is 2760. The highest BCUT2D eigenvalue weighted by Gasteiger charge is 2.34. The minimum atomic E-state index is -4.47. The third kappa shape index (κ3) is 11.5. The number of halogens is 3. The van der Waals surface area contributed by atoms with Gasteiger partial charge in [0.1, 0.15) is 22.8 Å². The monoisotopic (exact) mass is 940 g/mol. The number of hydrogen-bond acceptors (Lipinski definition) is 11. The number of nitrogens with zero attached hydrogens (tertiary/aromatic N) is 5. The van der Waals surface area contributed by atoms with Gasteiger partial charge in [-0.15, -0.1) is 4.91 Å². The molecule has 67 heavy (non-hydrogen) atoms. The molecule has 3 aromatic carbocycles. The van der Waals surface area contributed by atoms with Crippen LogP contribution in [0.4, 0.5) is 30.2 Å². The Kier molecular flexibility index (Phi) is 14.1. The molecular formula is C50H59F3N8O5S. The number of nitrogens with one attached hydrogen (secondary N) is 3. The lowest BCUT2D eigenvalue weighted by Crippen LogP contribution is -2.47. The van der Waals surface area contributed by atoms with Crippen molar-refractivity contribution in [2.24, 2.45) is 16.5 Å². The Morgan fingerprint density at radius 2 is 1.76 bits per heavy atom. The summed E-state index contributed by atoms with van der Waals surface area (Å²) in [5, 5.41) is 7.09. The molecule has 2 aromatic heterocycles. The second kappa shape index (κ2) is 19.8. The molecule has 0 unspecified atom stereocenters. The van der Waals surface area contributed by atoms with Crippen molar-refractivity contribution >= 4 is 49.6 Å². The van der Waals surface area contributed by atoms with Crippen molar-refractivity contribution in [3.63, 3.8) is 0 Å². The van der Waals surface area contributed by atoms with Gasteiger partial charge in [-0.05, 0) is 160 Å². The normalized spacial score (nSPS) is 17.7. The highest BCUT2D eigenvalue weighted by molar-refractivity contribution is 7.90. The van der Waals surface area contributed by atoms with Gasteiger partial charge in [0, 0.05) is 62.6 Å². The summed E-state index contributed by atoms with van der Waals surface area (Å²) in [4.78, 5) is 39.9. The molecule has 8 rings (SSSR count). The number of H-pyrrole nitrogens is 1. The van der Waals surface area contributed by atoms with E-state index in [-0.39, 0.29) is 27.3 Å². The molecule has 5 aromatic rings. The third-order valence-electron chi connectivity index (χ3n) is 13.6. The zero-order chi connectivity index (χ0) is 47.5. The van der Waals surface area contributed by atoms with Crippen molar-refractivity contribution in [3.05, 3.63) is 112 Å². The van der Waals surface area contributed by atoms with Crippen LogP contribution in [0.15, 0.2) is 94.8 Å². The molecule has 1 amide bonds. The Morgan fingerprint density at radius 3 is 2.49 bits per heavy atom. The lowest BCUT2D eigenvalue weighted by molar-refractivity contribution is -0.137. The van der Waals surface area contributed by atoms with Crippen LogP contribution in [0.5, 0.6) is 11.5 Å². The molecule has 2 fully saturated rings. The SMILES string of the molecule is Cc1cc(C(F)(F)F)ccc1C1=C(CN2CCN(c3ccc(C(=O)NS(=O)(=O)c4ccc(NCCCC5CCN(C)CC5)c(N=O)c4)c(Oc4cnc5[nH]ccc5c4)c3)CC2)CCC(C)(C)C1. The largest absolute Gasteiger partial charge is 0.455 e. The van der Waals surface area contributed by atoms with Gasteiger partial charge in [0.2, 0.25) is 0 Å². The lowest BCUT2D eigenvalue weighted by Gasteiger charge is -2.39. The van der Waals surface area contributed by atoms with Crippen LogP contribution >= 0.6 is 0 Å². The molecule has 17 heteroatoms. The Labute approximate surface area is 390 Å². The number of fused-ring (bicyclic) bond motifs is 1. The number of rotatable bonds is 15. The zero-order valence-electron chi connectivity index (χ0n) is 38.5. The molecule has 13 nitrogen and oxygen atoms in total. The minimum Gasteiger partial charge on any atom is -0.455 e. The molecule has 1 aliphatic carbocycles. The van der Waals surface area contributed by atoms with E-state index >= 15 is 0 Å². The second-order valence-electron chi connectivity index (χ2n) is 19.1. The van der Waals surface area contributed by atoms with E-state index in [0.29, 0.717) is 67.8 Å². The van der Waals surface area contributed by atoms with Crippen molar-refractivity contribution in [2.75, 3.05) is 69.6 Å². The first kappa shape index (κ1) is 47.7. The molecule has 356 valence electrons.